The Kier molecular flexibility index (Phi) is 5.88. The SMILES string of the molecule is COc1ccc(CNC(=O)[C@@H]2CC(=O)N(Cc3ccccn3)C2)cc1C(=O)O. The molecule has 0 spiro atoms. The number of hydrogen-bond donors (Lipinski definition) is 2. The van der Waals surface area contributed by atoms with Gasteiger partial charge in [-0.3, -0.25) is 14.6 Å². The van der Waals surface area contributed by atoms with Crippen molar-refractivity contribution in [1.82, 2.24) is 15.2 Å². The number of amides is 2. The standard InChI is InChI=1S/C20H21N3O5/c1-28-17-6-5-13(8-16(17)20(26)27)10-22-19(25)14-9-18(24)23(11-14)12-15-4-2-3-7-21-15/h2-8,14H,9-12H2,1H3,(H,22,25)(H,26,27)/t14-/m1/s1. The summed E-state index contributed by atoms with van der Waals surface area (Å²) < 4.78 is 5.02. The topological polar surface area (TPSA) is 109 Å². The Morgan fingerprint density at radius 3 is 2.82 bits per heavy atom. The summed E-state index contributed by atoms with van der Waals surface area (Å²) in [4.78, 5) is 41.8. The van der Waals surface area contributed by atoms with Crippen molar-refractivity contribution in [2.45, 2.75) is 19.5 Å². The van der Waals surface area contributed by atoms with E-state index in [4.69, 9.17) is 4.74 Å². The number of aromatic nitrogens is 1. The zero-order valence-corrected chi connectivity index (χ0v) is 15.4. The maximum atomic E-state index is 12.5. The van der Waals surface area contributed by atoms with Crippen molar-refractivity contribution in [3.63, 3.8) is 0 Å². The molecule has 1 fully saturated rings. The number of benzene rings is 1. The molecule has 0 saturated carbocycles. The summed E-state index contributed by atoms with van der Waals surface area (Å²) in [6.07, 6.45) is 1.82. The molecular weight excluding hydrogens is 362 g/mol. The molecule has 1 aliphatic heterocycles. The third-order valence-corrected chi connectivity index (χ3v) is 4.63. The number of ether oxygens (including phenoxy) is 1. The van der Waals surface area contributed by atoms with E-state index >= 15 is 0 Å². The number of carboxylic acids is 1. The molecule has 0 bridgehead atoms. The van der Waals surface area contributed by atoms with Crippen LogP contribution in [0.2, 0.25) is 0 Å². The van der Waals surface area contributed by atoms with Gasteiger partial charge in [0.15, 0.2) is 0 Å². The van der Waals surface area contributed by atoms with Crippen molar-refractivity contribution in [1.29, 1.82) is 0 Å². The van der Waals surface area contributed by atoms with Crippen LogP contribution >= 0.6 is 0 Å². The average Bonchev–Trinajstić information content (AvgIpc) is 3.07. The molecule has 2 N–H and O–H groups in total. The Morgan fingerprint density at radius 1 is 1.32 bits per heavy atom. The van der Waals surface area contributed by atoms with Crippen molar-refractivity contribution in [3.8, 4) is 5.75 Å². The number of methoxy groups -OCH3 is 1. The predicted molar refractivity (Wildman–Crippen MR) is 99.6 cm³/mol. The molecule has 2 heterocycles. The van der Waals surface area contributed by atoms with Gasteiger partial charge in [-0.25, -0.2) is 4.79 Å². The van der Waals surface area contributed by atoms with Crippen LogP contribution in [0, 0.1) is 5.92 Å². The largest absolute Gasteiger partial charge is 0.496 e. The lowest BCUT2D eigenvalue weighted by Crippen LogP contribution is -2.32. The summed E-state index contributed by atoms with van der Waals surface area (Å²) in [6.45, 7) is 0.891. The van der Waals surface area contributed by atoms with Crippen LogP contribution in [0.5, 0.6) is 5.75 Å². The molecule has 1 aliphatic rings. The summed E-state index contributed by atoms with van der Waals surface area (Å²) in [6, 6.07) is 10.2. The Balaban J connectivity index is 1.57. The molecule has 1 saturated heterocycles. The highest BCUT2D eigenvalue weighted by Crippen LogP contribution is 2.22. The van der Waals surface area contributed by atoms with Gasteiger partial charge in [-0.15, -0.1) is 0 Å². The molecule has 1 atom stereocenters. The average molecular weight is 383 g/mol. The minimum absolute atomic E-state index is 0.0341. The van der Waals surface area contributed by atoms with Crippen molar-refractivity contribution >= 4 is 17.8 Å². The number of aromatic carboxylic acids is 1. The Hall–Kier alpha value is -3.42. The normalized spacial score (nSPS) is 16.1. The fraction of sp³-hybridized carbons (Fsp3) is 0.300. The predicted octanol–water partition coefficient (Wildman–Crippen LogP) is 1.45. The number of carbonyl (C=O) groups is 3. The summed E-state index contributed by atoms with van der Waals surface area (Å²) in [5.41, 5.74) is 1.45. The fourth-order valence-corrected chi connectivity index (χ4v) is 3.15. The zero-order chi connectivity index (χ0) is 20.1. The monoisotopic (exact) mass is 383 g/mol. The van der Waals surface area contributed by atoms with Crippen LogP contribution in [-0.2, 0) is 22.7 Å². The highest BCUT2D eigenvalue weighted by molar-refractivity contribution is 5.91. The van der Waals surface area contributed by atoms with E-state index < -0.39 is 11.9 Å². The van der Waals surface area contributed by atoms with E-state index in [-0.39, 0.29) is 36.1 Å². The molecule has 2 amide bonds. The first-order chi connectivity index (χ1) is 13.5. The van der Waals surface area contributed by atoms with Crippen LogP contribution in [-0.4, -0.2) is 46.4 Å². The van der Waals surface area contributed by atoms with Crippen LogP contribution in [0.25, 0.3) is 0 Å². The summed E-state index contributed by atoms with van der Waals surface area (Å²) in [7, 11) is 1.40. The number of likely N-dealkylation sites (tertiary alicyclic amines) is 1. The molecule has 0 unspecified atom stereocenters. The van der Waals surface area contributed by atoms with Gasteiger partial charge in [-0.2, -0.15) is 0 Å². The molecular formula is C20H21N3O5. The Morgan fingerprint density at radius 2 is 2.14 bits per heavy atom. The van der Waals surface area contributed by atoms with Gasteiger partial charge in [-0.1, -0.05) is 12.1 Å². The summed E-state index contributed by atoms with van der Waals surface area (Å²) >= 11 is 0. The molecule has 0 aliphatic carbocycles. The van der Waals surface area contributed by atoms with Gasteiger partial charge in [0.1, 0.15) is 11.3 Å². The smallest absolute Gasteiger partial charge is 0.339 e. The van der Waals surface area contributed by atoms with E-state index in [0.29, 0.717) is 18.7 Å². The van der Waals surface area contributed by atoms with Crippen LogP contribution < -0.4 is 10.1 Å². The van der Waals surface area contributed by atoms with Gasteiger partial charge in [0.2, 0.25) is 11.8 Å². The Labute approximate surface area is 162 Å². The molecule has 8 heteroatoms. The molecule has 1 aromatic carbocycles. The van der Waals surface area contributed by atoms with E-state index in [9.17, 15) is 19.5 Å². The van der Waals surface area contributed by atoms with E-state index in [1.54, 1.807) is 29.3 Å². The quantitative estimate of drug-likeness (QED) is 0.749. The van der Waals surface area contributed by atoms with Crippen LogP contribution in [0.3, 0.4) is 0 Å². The van der Waals surface area contributed by atoms with Crippen LogP contribution in [0.1, 0.15) is 28.0 Å². The third-order valence-electron chi connectivity index (χ3n) is 4.63. The van der Waals surface area contributed by atoms with Gasteiger partial charge in [0.05, 0.1) is 25.3 Å². The number of carboxylic acid groups (broad SMARTS) is 1. The second-order valence-corrected chi connectivity index (χ2v) is 6.55. The molecule has 1 aromatic heterocycles. The second kappa shape index (κ2) is 8.51. The highest BCUT2D eigenvalue weighted by Gasteiger charge is 2.34. The lowest BCUT2D eigenvalue weighted by atomic mass is 10.1. The highest BCUT2D eigenvalue weighted by atomic mass is 16.5. The maximum Gasteiger partial charge on any atom is 0.339 e. The number of carbonyl (C=O) groups excluding carboxylic acids is 2. The van der Waals surface area contributed by atoms with Gasteiger partial charge in [0.25, 0.3) is 0 Å². The first kappa shape index (κ1) is 19.3. The molecule has 3 rings (SSSR count). The minimum atomic E-state index is -1.10. The van der Waals surface area contributed by atoms with Crippen LogP contribution in [0.4, 0.5) is 0 Å². The number of nitrogens with zero attached hydrogens (tertiary/aromatic N) is 2. The molecule has 0 radical (unpaired) electrons. The first-order valence-corrected chi connectivity index (χ1v) is 8.83. The molecule has 146 valence electrons. The van der Waals surface area contributed by atoms with E-state index in [0.717, 1.165) is 5.69 Å². The zero-order valence-electron chi connectivity index (χ0n) is 15.4. The molecule has 8 nitrogen and oxygen atoms in total. The Bertz CT molecular complexity index is 885. The van der Waals surface area contributed by atoms with Gasteiger partial charge >= 0.3 is 5.97 Å². The first-order valence-electron chi connectivity index (χ1n) is 8.83. The van der Waals surface area contributed by atoms with E-state index in [1.807, 2.05) is 12.1 Å². The van der Waals surface area contributed by atoms with Crippen LogP contribution in [0.15, 0.2) is 42.6 Å². The van der Waals surface area contributed by atoms with Gasteiger partial charge in [0, 0.05) is 25.7 Å². The van der Waals surface area contributed by atoms with Crippen molar-refractivity contribution < 1.29 is 24.2 Å². The van der Waals surface area contributed by atoms with Crippen molar-refractivity contribution in [3.05, 3.63) is 59.4 Å². The minimum Gasteiger partial charge on any atom is -0.496 e. The maximum absolute atomic E-state index is 12.5. The fourth-order valence-electron chi connectivity index (χ4n) is 3.15. The molecule has 2 aromatic rings. The number of hydrogen-bond acceptors (Lipinski definition) is 5. The number of rotatable bonds is 7. The number of pyridine rings is 1. The van der Waals surface area contributed by atoms with Crippen molar-refractivity contribution in [2.24, 2.45) is 5.92 Å². The second-order valence-electron chi connectivity index (χ2n) is 6.55. The lowest BCUT2D eigenvalue weighted by molar-refractivity contribution is -0.129. The van der Waals surface area contributed by atoms with Gasteiger partial charge in [-0.05, 0) is 29.8 Å². The van der Waals surface area contributed by atoms with E-state index in [2.05, 4.69) is 10.3 Å². The lowest BCUT2D eigenvalue weighted by Gasteiger charge is -2.16. The number of nitrogens with one attached hydrogen (secondary N) is 1. The van der Waals surface area contributed by atoms with Gasteiger partial charge < -0.3 is 20.1 Å². The van der Waals surface area contributed by atoms with Crippen molar-refractivity contribution in [2.75, 3.05) is 13.7 Å². The summed E-state index contributed by atoms with van der Waals surface area (Å²) in [5.74, 6) is -1.59. The molecule has 28 heavy (non-hydrogen) atoms. The third kappa shape index (κ3) is 4.46. The summed E-state index contributed by atoms with van der Waals surface area (Å²) in [5, 5.41) is 12.0. The van der Waals surface area contributed by atoms with E-state index in [1.165, 1.54) is 13.2 Å².